The van der Waals surface area contributed by atoms with Gasteiger partial charge in [-0.05, 0) is 38.3 Å². The minimum absolute atomic E-state index is 0.0148. The predicted octanol–water partition coefficient (Wildman–Crippen LogP) is -0.527. The van der Waals surface area contributed by atoms with Crippen LogP contribution in [0, 0.1) is 0 Å². The summed E-state index contributed by atoms with van der Waals surface area (Å²) in [4.78, 5) is 26.4. The number of hydrogen-bond donors (Lipinski definition) is 3. The van der Waals surface area contributed by atoms with Crippen LogP contribution in [0.15, 0.2) is 18.6 Å². The van der Waals surface area contributed by atoms with Gasteiger partial charge in [-0.3, -0.25) is 4.79 Å². The third-order valence-corrected chi connectivity index (χ3v) is 9.18. The van der Waals surface area contributed by atoms with Crippen molar-refractivity contribution < 1.29 is 18.3 Å². The molecular formula is C20H29N7O4S. The first-order valence-corrected chi connectivity index (χ1v) is 12.4. The summed E-state index contributed by atoms with van der Waals surface area (Å²) in [5, 5.41) is 13.5. The third kappa shape index (κ3) is 3.41. The molecule has 1 aliphatic carbocycles. The number of fused-ring (bicyclic) bond motifs is 1. The van der Waals surface area contributed by atoms with E-state index in [1.165, 1.54) is 17.7 Å². The zero-order valence-corrected chi connectivity index (χ0v) is 18.9. The van der Waals surface area contributed by atoms with E-state index in [1.54, 1.807) is 4.31 Å². The number of carbonyl (C=O) groups excluding carboxylic acids is 1. The Bertz CT molecular complexity index is 1120. The standard InChI is InChI=1S/C20H29N7O4S/c1-25(13-20(16(29)11-28)4-2-7-24-20)32(30,31)27-10-9-26(12-19(27)5-6-19)18-15-3-8-21-17(15)22-14-23-18/h3,8,14,24,28H,2,4-7,9-13H2,1H3,(H,21,22,23)/t20-/m0/s1. The number of nitrogens with one attached hydrogen (secondary N) is 2. The molecule has 0 amide bonds. The summed E-state index contributed by atoms with van der Waals surface area (Å²) in [6, 6.07) is 1.94. The predicted molar refractivity (Wildman–Crippen MR) is 118 cm³/mol. The Morgan fingerprint density at radius 3 is 2.78 bits per heavy atom. The van der Waals surface area contributed by atoms with Crippen LogP contribution in [0.2, 0.25) is 0 Å². The molecule has 2 aromatic rings. The Labute approximate surface area is 187 Å². The average Bonchev–Trinajstić information content (AvgIpc) is 3.19. The average molecular weight is 464 g/mol. The van der Waals surface area contributed by atoms with Crippen molar-refractivity contribution in [1.82, 2.24) is 28.9 Å². The second-order valence-corrected chi connectivity index (χ2v) is 11.1. The molecule has 3 aliphatic rings. The lowest BCUT2D eigenvalue weighted by Crippen LogP contribution is -2.63. The topological polar surface area (TPSA) is 135 Å². The fourth-order valence-corrected chi connectivity index (χ4v) is 6.98. The minimum Gasteiger partial charge on any atom is -0.389 e. The number of anilines is 1. The molecule has 0 bridgehead atoms. The van der Waals surface area contributed by atoms with E-state index in [0.717, 1.165) is 36.1 Å². The maximum atomic E-state index is 13.6. The van der Waals surface area contributed by atoms with Gasteiger partial charge in [0.1, 0.15) is 24.4 Å². The number of Topliss-reactive ketones (excluding diaryl/α,β-unsaturated/α-hetero) is 1. The SMILES string of the molecule is CN(C[C@]1(C(=O)CO)CCCN1)S(=O)(=O)N1CCN(c2ncnc3[nH]ccc23)CC12CC2. The Kier molecular flexibility index (Phi) is 5.25. The van der Waals surface area contributed by atoms with E-state index < -0.39 is 27.9 Å². The molecule has 0 unspecified atom stereocenters. The van der Waals surface area contributed by atoms with Gasteiger partial charge in [-0.2, -0.15) is 17.0 Å². The summed E-state index contributed by atoms with van der Waals surface area (Å²) in [6.07, 6.45) is 6.22. The number of aromatic amines is 1. The lowest BCUT2D eigenvalue weighted by atomic mass is 9.92. The fourth-order valence-electron chi connectivity index (χ4n) is 5.21. The van der Waals surface area contributed by atoms with Crippen molar-refractivity contribution >= 4 is 32.8 Å². The lowest BCUT2D eigenvalue weighted by molar-refractivity contribution is -0.128. The van der Waals surface area contributed by atoms with E-state index >= 15 is 0 Å². The number of ketones is 1. The monoisotopic (exact) mass is 463 g/mol. The van der Waals surface area contributed by atoms with Gasteiger partial charge in [0.2, 0.25) is 0 Å². The summed E-state index contributed by atoms with van der Waals surface area (Å²) in [7, 11) is -2.26. The van der Waals surface area contributed by atoms with Crippen molar-refractivity contribution in [1.29, 1.82) is 0 Å². The van der Waals surface area contributed by atoms with Crippen LogP contribution < -0.4 is 10.2 Å². The van der Waals surface area contributed by atoms with E-state index in [4.69, 9.17) is 0 Å². The third-order valence-electron chi connectivity index (χ3n) is 7.13. The van der Waals surface area contributed by atoms with E-state index in [0.29, 0.717) is 32.6 Å². The van der Waals surface area contributed by atoms with Gasteiger partial charge in [0, 0.05) is 39.4 Å². The molecule has 11 nitrogen and oxygen atoms in total. The van der Waals surface area contributed by atoms with Gasteiger partial charge in [-0.25, -0.2) is 9.97 Å². The highest BCUT2D eigenvalue weighted by Gasteiger charge is 2.57. The van der Waals surface area contributed by atoms with Crippen molar-refractivity contribution in [2.24, 2.45) is 0 Å². The minimum atomic E-state index is -3.78. The van der Waals surface area contributed by atoms with E-state index in [-0.39, 0.29) is 12.3 Å². The first-order valence-electron chi connectivity index (χ1n) is 11.0. The number of likely N-dealkylation sites (N-methyl/N-ethyl adjacent to an activating group) is 1. The quantitative estimate of drug-likeness (QED) is 0.499. The maximum absolute atomic E-state index is 13.6. The van der Waals surface area contributed by atoms with Crippen molar-refractivity contribution in [3.05, 3.63) is 18.6 Å². The molecule has 12 heteroatoms. The number of aliphatic hydroxyl groups is 1. The molecule has 0 aromatic carbocycles. The second kappa shape index (κ2) is 7.73. The molecular weight excluding hydrogens is 434 g/mol. The smallest absolute Gasteiger partial charge is 0.282 e. The van der Waals surface area contributed by atoms with E-state index in [1.807, 2.05) is 12.3 Å². The highest BCUT2D eigenvalue weighted by molar-refractivity contribution is 7.86. The molecule has 4 heterocycles. The van der Waals surface area contributed by atoms with Gasteiger partial charge in [0.15, 0.2) is 5.78 Å². The van der Waals surface area contributed by atoms with Gasteiger partial charge < -0.3 is 20.3 Å². The first kappa shape index (κ1) is 21.7. The summed E-state index contributed by atoms with van der Waals surface area (Å²) in [5.41, 5.74) is -0.718. The molecule has 0 radical (unpaired) electrons. The molecule has 1 atom stereocenters. The van der Waals surface area contributed by atoms with Gasteiger partial charge >= 0.3 is 0 Å². The number of aliphatic hydroxyl groups excluding tert-OH is 1. The highest BCUT2D eigenvalue weighted by Crippen LogP contribution is 2.47. The van der Waals surface area contributed by atoms with E-state index in [9.17, 15) is 18.3 Å². The van der Waals surface area contributed by atoms with Gasteiger partial charge in [-0.1, -0.05) is 0 Å². The van der Waals surface area contributed by atoms with Gasteiger partial charge in [0.25, 0.3) is 10.2 Å². The molecule has 2 saturated heterocycles. The zero-order valence-electron chi connectivity index (χ0n) is 18.1. The fraction of sp³-hybridized carbons (Fsp3) is 0.650. The molecule has 5 rings (SSSR count). The zero-order chi connectivity index (χ0) is 22.6. The molecule has 174 valence electrons. The summed E-state index contributed by atoms with van der Waals surface area (Å²) in [5.74, 6) is 0.456. The normalized spacial score (nSPS) is 25.8. The van der Waals surface area contributed by atoms with Crippen molar-refractivity contribution in [3.8, 4) is 0 Å². The van der Waals surface area contributed by atoms with Crippen LogP contribution in [-0.4, -0.2) is 100 Å². The Morgan fingerprint density at radius 2 is 2.09 bits per heavy atom. The number of carbonyl (C=O) groups is 1. The van der Waals surface area contributed by atoms with Crippen molar-refractivity contribution in [3.63, 3.8) is 0 Å². The number of rotatable bonds is 7. The highest BCUT2D eigenvalue weighted by atomic mass is 32.2. The van der Waals surface area contributed by atoms with Crippen molar-refractivity contribution in [2.75, 3.05) is 51.3 Å². The van der Waals surface area contributed by atoms with Crippen LogP contribution >= 0.6 is 0 Å². The second-order valence-electron chi connectivity index (χ2n) is 9.11. The molecule has 2 aliphatic heterocycles. The molecule has 32 heavy (non-hydrogen) atoms. The Morgan fingerprint density at radius 1 is 1.28 bits per heavy atom. The van der Waals surface area contributed by atoms with Crippen LogP contribution in [-0.2, 0) is 15.0 Å². The van der Waals surface area contributed by atoms with Crippen LogP contribution in [0.25, 0.3) is 11.0 Å². The largest absolute Gasteiger partial charge is 0.389 e. The van der Waals surface area contributed by atoms with Crippen LogP contribution in [0.1, 0.15) is 25.7 Å². The molecule has 1 spiro atoms. The molecule has 3 N–H and O–H groups in total. The maximum Gasteiger partial charge on any atom is 0.282 e. The summed E-state index contributed by atoms with van der Waals surface area (Å²) in [6.45, 7) is 1.48. The molecule has 3 fully saturated rings. The number of aromatic nitrogens is 3. The molecule has 1 saturated carbocycles. The summed E-state index contributed by atoms with van der Waals surface area (Å²) < 4.78 is 30.1. The Hall–Kier alpha value is -2.12. The number of piperazine rings is 1. The molecule has 2 aromatic heterocycles. The van der Waals surface area contributed by atoms with Crippen molar-refractivity contribution in [2.45, 2.75) is 36.8 Å². The number of hydrogen-bond acceptors (Lipinski definition) is 8. The van der Waals surface area contributed by atoms with Crippen LogP contribution in [0.5, 0.6) is 0 Å². The number of nitrogens with zero attached hydrogens (tertiary/aromatic N) is 5. The first-order chi connectivity index (χ1) is 15.3. The van der Waals surface area contributed by atoms with E-state index in [2.05, 4.69) is 25.2 Å². The van der Waals surface area contributed by atoms with Crippen LogP contribution in [0.4, 0.5) is 5.82 Å². The number of H-pyrrole nitrogens is 1. The van der Waals surface area contributed by atoms with Gasteiger partial charge in [0.05, 0.1) is 16.5 Å². The van der Waals surface area contributed by atoms with Crippen LogP contribution in [0.3, 0.4) is 0 Å². The lowest BCUT2D eigenvalue weighted by Gasteiger charge is -2.44. The Balaban J connectivity index is 1.36. The summed E-state index contributed by atoms with van der Waals surface area (Å²) >= 11 is 0. The van der Waals surface area contributed by atoms with Gasteiger partial charge in [-0.15, -0.1) is 0 Å².